The molecule has 0 aliphatic carbocycles. The Morgan fingerprint density at radius 1 is 1.44 bits per heavy atom. The van der Waals surface area contributed by atoms with E-state index >= 15 is 0 Å². The average molecular weight is 221 g/mol. The van der Waals surface area contributed by atoms with Crippen molar-refractivity contribution >= 4 is 5.91 Å². The number of carbonyl (C=O) groups excluding carboxylic acids is 1. The van der Waals surface area contributed by atoms with Crippen molar-refractivity contribution in [3.05, 3.63) is 35.4 Å². The molecule has 0 heterocycles. The highest BCUT2D eigenvalue weighted by Crippen LogP contribution is 2.15. The van der Waals surface area contributed by atoms with Crippen LogP contribution in [-0.4, -0.2) is 26.2 Å². The zero-order valence-electron chi connectivity index (χ0n) is 10.1. The molecule has 0 radical (unpaired) electrons. The summed E-state index contributed by atoms with van der Waals surface area (Å²) < 4.78 is 4.88. The van der Waals surface area contributed by atoms with E-state index in [0.717, 1.165) is 0 Å². The van der Waals surface area contributed by atoms with Crippen LogP contribution < -0.4 is 5.32 Å². The summed E-state index contributed by atoms with van der Waals surface area (Å²) in [7, 11) is 1.62. The van der Waals surface area contributed by atoms with Gasteiger partial charge in [-0.05, 0) is 23.6 Å². The molecule has 0 unspecified atom stereocenters. The second kappa shape index (κ2) is 6.28. The van der Waals surface area contributed by atoms with Crippen molar-refractivity contribution in [1.82, 2.24) is 5.32 Å². The number of rotatable bonds is 5. The lowest BCUT2D eigenvalue weighted by atomic mass is 10.0. The van der Waals surface area contributed by atoms with Crippen molar-refractivity contribution in [2.45, 2.75) is 19.8 Å². The van der Waals surface area contributed by atoms with E-state index in [2.05, 4.69) is 19.2 Å². The standard InChI is InChI=1S/C13H19NO2/c1-10(2)11-5-4-6-12(9-11)13(15)14-7-8-16-3/h4-6,9-10H,7-8H2,1-3H3,(H,14,15). The molecular formula is C13H19NO2. The van der Waals surface area contributed by atoms with Crippen LogP contribution >= 0.6 is 0 Å². The van der Waals surface area contributed by atoms with Gasteiger partial charge in [0.25, 0.3) is 5.91 Å². The van der Waals surface area contributed by atoms with Crippen LogP contribution in [0, 0.1) is 0 Å². The van der Waals surface area contributed by atoms with Gasteiger partial charge in [-0.2, -0.15) is 0 Å². The first-order valence-electron chi connectivity index (χ1n) is 5.52. The average Bonchev–Trinajstić information content (AvgIpc) is 2.29. The fraction of sp³-hybridized carbons (Fsp3) is 0.462. The van der Waals surface area contributed by atoms with Crippen molar-refractivity contribution in [1.29, 1.82) is 0 Å². The molecular weight excluding hydrogens is 202 g/mol. The van der Waals surface area contributed by atoms with Crippen molar-refractivity contribution in [2.24, 2.45) is 0 Å². The first-order valence-corrected chi connectivity index (χ1v) is 5.52. The second-order valence-electron chi connectivity index (χ2n) is 4.03. The Morgan fingerprint density at radius 3 is 2.81 bits per heavy atom. The minimum atomic E-state index is -0.0421. The van der Waals surface area contributed by atoms with Gasteiger partial charge in [-0.15, -0.1) is 0 Å². The van der Waals surface area contributed by atoms with Crippen molar-refractivity contribution in [3.8, 4) is 0 Å². The quantitative estimate of drug-likeness (QED) is 0.774. The van der Waals surface area contributed by atoms with E-state index < -0.39 is 0 Å². The molecule has 3 nitrogen and oxygen atoms in total. The summed E-state index contributed by atoms with van der Waals surface area (Å²) in [4.78, 5) is 11.7. The third-order valence-corrected chi connectivity index (χ3v) is 2.41. The van der Waals surface area contributed by atoms with Gasteiger partial charge in [0.1, 0.15) is 0 Å². The van der Waals surface area contributed by atoms with Crippen LogP contribution in [0.2, 0.25) is 0 Å². The highest BCUT2D eigenvalue weighted by molar-refractivity contribution is 5.94. The van der Waals surface area contributed by atoms with E-state index in [1.807, 2.05) is 24.3 Å². The first kappa shape index (κ1) is 12.7. The van der Waals surface area contributed by atoms with Crippen LogP contribution in [0.3, 0.4) is 0 Å². The molecule has 0 aromatic heterocycles. The van der Waals surface area contributed by atoms with Crippen LogP contribution in [0.1, 0.15) is 35.7 Å². The number of nitrogens with one attached hydrogen (secondary N) is 1. The van der Waals surface area contributed by atoms with E-state index in [4.69, 9.17) is 4.74 Å². The van der Waals surface area contributed by atoms with Gasteiger partial charge < -0.3 is 10.1 Å². The smallest absolute Gasteiger partial charge is 0.251 e. The van der Waals surface area contributed by atoms with Crippen LogP contribution in [0.4, 0.5) is 0 Å². The second-order valence-corrected chi connectivity index (χ2v) is 4.03. The molecule has 1 rings (SSSR count). The SMILES string of the molecule is COCCNC(=O)c1cccc(C(C)C)c1. The summed E-state index contributed by atoms with van der Waals surface area (Å²) in [5.41, 5.74) is 1.89. The number of hydrogen-bond acceptors (Lipinski definition) is 2. The molecule has 0 spiro atoms. The minimum Gasteiger partial charge on any atom is -0.383 e. The number of methoxy groups -OCH3 is 1. The maximum absolute atomic E-state index is 11.7. The molecule has 0 aliphatic heterocycles. The normalized spacial score (nSPS) is 10.5. The largest absolute Gasteiger partial charge is 0.383 e. The number of ether oxygens (including phenoxy) is 1. The molecule has 16 heavy (non-hydrogen) atoms. The molecule has 0 bridgehead atoms. The van der Waals surface area contributed by atoms with Crippen molar-refractivity contribution in [2.75, 3.05) is 20.3 Å². The molecule has 0 atom stereocenters. The molecule has 1 aromatic rings. The lowest BCUT2D eigenvalue weighted by Gasteiger charge is -2.08. The van der Waals surface area contributed by atoms with Gasteiger partial charge in [-0.1, -0.05) is 26.0 Å². The van der Waals surface area contributed by atoms with Gasteiger partial charge >= 0.3 is 0 Å². The fourth-order valence-corrected chi connectivity index (χ4v) is 1.41. The highest BCUT2D eigenvalue weighted by atomic mass is 16.5. The summed E-state index contributed by atoms with van der Waals surface area (Å²) in [5.74, 6) is 0.395. The van der Waals surface area contributed by atoms with Crippen LogP contribution in [0.5, 0.6) is 0 Å². The predicted octanol–water partition coefficient (Wildman–Crippen LogP) is 2.19. The van der Waals surface area contributed by atoms with Crippen molar-refractivity contribution in [3.63, 3.8) is 0 Å². The van der Waals surface area contributed by atoms with Gasteiger partial charge in [0.05, 0.1) is 6.61 Å². The molecule has 0 saturated carbocycles. The van der Waals surface area contributed by atoms with Gasteiger partial charge in [-0.3, -0.25) is 4.79 Å². The fourth-order valence-electron chi connectivity index (χ4n) is 1.41. The third-order valence-electron chi connectivity index (χ3n) is 2.41. The first-order chi connectivity index (χ1) is 7.65. The summed E-state index contributed by atoms with van der Waals surface area (Å²) in [6.45, 7) is 5.31. The molecule has 1 N–H and O–H groups in total. The summed E-state index contributed by atoms with van der Waals surface area (Å²) in [6, 6.07) is 7.72. The van der Waals surface area contributed by atoms with Crippen LogP contribution in [0.15, 0.2) is 24.3 Å². The van der Waals surface area contributed by atoms with Gasteiger partial charge in [0.15, 0.2) is 0 Å². The maximum atomic E-state index is 11.7. The Balaban J connectivity index is 2.64. The Kier molecular flexibility index (Phi) is 4.99. The van der Waals surface area contributed by atoms with Gasteiger partial charge in [0.2, 0.25) is 0 Å². The van der Waals surface area contributed by atoms with Crippen LogP contribution in [-0.2, 0) is 4.74 Å². The lowest BCUT2D eigenvalue weighted by Crippen LogP contribution is -2.26. The third kappa shape index (κ3) is 3.66. The summed E-state index contributed by atoms with van der Waals surface area (Å²) in [6.07, 6.45) is 0. The van der Waals surface area contributed by atoms with Crippen LogP contribution in [0.25, 0.3) is 0 Å². The predicted molar refractivity (Wildman–Crippen MR) is 64.7 cm³/mol. The Morgan fingerprint density at radius 2 is 2.19 bits per heavy atom. The minimum absolute atomic E-state index is 0.0421. The molecule has 1 amide bonds. The molecule has 1 aromatic carbocycles. The number of benzene rings is 1. The van der Waals surface area contributed by atoms with E-state index in [9.17, 15) is 4.79 Å². The summed E-state index contributed by atoms with van der Waals surface area (Å²) in [5, 5.41) is 2.80. The topological polar surface area (TPSA) is 38.3 Å². The Labute approximate surface area is 96.8 Å². The maximum Gasteiger partial charge on any atom is 0.251 e. The lowest BCUT2D eigenvalue weighted by molar-refractivity contribution is 0.0937. The monoisotopic (exact) mass is 221 g/mol. The Bertz CT molecular complexity index is 348. The van der Waals surface area contributed by atoms with Gasteiger partial charge in [0, 0.05) is 19.2 Å². The molecule has 0 fully saturated rings. The summed E-state index contributed by atoms with van der Waals surface area (Å²) >= 11 is 0. The molecule has 88 valence electrons. The Hall–Kier alpha value is -1.35. The number of amides is 1. The highest BCUT2D eigenvalue weighted by Gasteiger charge is 2.06. The molecule has 3 heteroatoms. The van der Waals surface area contributed by atoms with E-state index in [1.165, 1.54) is 5.56 Å². The zero-order valence-corrected chi connectivity index (χ0v) is 10.1. The van der Waals surface area contributed by atoms with E-state index in [-0.39, 0.29) is 5.91 Å². The van der Waals surface area contributed by atoms with E-state index in [0.29, 0.717) is 24.6 Å². The van der Waals surface area contributed by atoms with Crippen molar-refractivity contribution < 1.29 is 9.53 Å². The van der Waals surface area contributed by atoms with Gasteiger partial charge in [-0.25, -0.2) is 0 Å². The number of carbonyl (C=O) groups is 1. The van der Waals surface area contributed by atoms with E-state index in [1.54, 1.807) is 7.11 Å². The molecule has 0 aliphatic rings. The molecule has 0 saturated heterocycles. The zero-order chi connectivity index (χ0) is 12.0. The number of hydrogen-bond donors (Lipinski definition) is 1.